The maximum atomic E-state index is 13.0. The van der Waals surface area contributed by atoms with E-state index in [9.17, 15) is 19.5 Å². The smallest absolute Gasteiger partial charge is 0.321 e. The van der Waals surface area contributed by atoms with Gasteiger partial charge in [-0.3, -0.25) is 9.59 Å². The van der Waals surface area contributed by atoms with Crippen molar-refractivity contribution < 1.29 is 19.5 Å². The summed E-state index contributed by atoms with van der Waals surface area (Å²) in [5.74, 6) is -1.75. The number of hydrogen-bond donors (Lipinski definition) is 2. The van der Waals surface area contributed by atoms with E-state index in [-0.39, 0.29) is 30.4 Å². The van der Waals surface area contributed by atoms with Gasteiger partial charge in [0.2, 0.25) is 5.91 Å². The third-order valence-corrected chi connectivity index (χ3v) is 5.25. The molecule has 2 unspecified atom stereocenters. The first-order valence-electron chi connectivity index (χ1n) is 9.60. The molecule has 1 aliphatic heterocycles. The van der Waals surface area contributed by atoms with Crippen LogP contribution in [0.25, 0.3) is 0 Å². The summed E-state index contributed by atoms with van der Waals surface area (Å²) in [5.41, 5.74) is 0.728. The number of carboxylic acid groups (broad SMARTS) is 1. The predicted octanol–water partition coefficient (Wildman–Crippen LogP) is 2.64. The number of likely N-dealkylation sites (tertiary alicyclic amines) is 1. The van der Waals surface area contributed by atoms with Crippen LogP contribution in [0.2, 0.25) is 0 Å². The van der Waals surface area contributed by atoms with Crippen molar-refractivity contribution in [3.63, 3.8) is 0 Å². The van der Waals surface area contributed by atoms with Gasteiger partial charge in [-0.25, -0.2) is 4.79 Å². The molecular weight excluding hydrogens is 346 g/mol. The topological polar surface area (TPSA) is 90.0 Å². The largest absolute Gasteiger partial charge is 0.481 e. The Labute approximate surface area is 159 Å². The molecule has 7 heteroatoms. The zero-order valence-electron chi connectivity index (χ0n) is 15.6. The molecule has 1 aliphatic carbocycles. The number of rotatable bonds is 6. The second-order valence-electron chi connectivity index (χ2n) is 7.54. The van der Waals surface area contributed by atoms with Gasteiger partial charge in [0, 0.05) is 31.4 Å². The molecule has 1 saturated heterocycles. The molecule has 2 fully saturated rings. The van der Waals surface area contributed by atoms with Crippen LogP contribution in [0, 0.1) is 11.8 Å². The van der Waals surface area contributed by atoms with Crippen LogP contribution in [0.3, 0.4) is 0 Å². The summed E-state index contributed by atoms with van der Waals surface area (Å²) >= 11 is 0. The van der Waals surface area contributed by atoms with E-state index in [0.29, 0.717) is 13.1 Å². The fourth-order valence-electron chi connectivity index (χ4n) is 3.50. The van der Waals surface area contributed by atoms with E-state index < -0.39 is 11.9 Å². The van der Waals surface area contributed by atoms with Gasteiger partial charge in [0.05, 0.1) is 11.8 Å². The van der Waals surface area contributed by atoms with Crippen LogP contribution >= 0.6 is 0 Å². The van der Waals surface area contributed by atoms with E-state index in [0.717, 1.165) is 31.4 Å². The van der Waals surface area contributed by atoms with Crippen LogP contribution in [0.4, 0.5) is 10.5 Å². The Morgan fingerprint density at radius 1 is 1.22 bits per heavy atom. The second-order valence-corrected chi connectivity index (χ2v) is 7.54. The lowest BCUT2D eigenvalue weighted by Crippen LogP contribution is -2.49. The lowest BCUT2D eigenvalue weighted by molar-refractivity contribution is -0.144. The van der Waals surface area contributed by atoms with Gasteiger partial charge in [0.1, 0.15) is 0 Å². The number of hydrogen-bond acceptors (Lipinski definition) is 3. The molecule has 27 heavy (non-hydrogen) atoms. The lowest BCUT2D eigenvalue weighted by atomic mass is 9.96. The second kappa shape index (κ2) is 8.41. The van der Waals surface area contributed by atoms with Crippen LogP contribution in [0.15, 0.2) is 30.3 Å². The third kappa shape index (κ3) is 4.99. The van der Waals surface area contributed by atoms with E-state index >= 15 is 0 Å². The molecule has 1 heterocycles. The summed E-state index contributed by atoms with van der Waals surface area (Å²) < 4.78 is 0. The highest BCUT2D eigenvalue weighted by Gasteiger charge is 2.39. The van der Waals surface area contributed by atoms with Crippen LogP contribution in [0.5, 0.6) is 0 Å². The van der Waals surface area contributed by atoms with Crippen molar-refractivity contribution in [3.8, 4) is 0 Å². The van der Waals surface area contributed by atoms with E-state index in [1.807, 2.05) is 30.3 Å². The summed E-state index contributed by atoms with van der Waals surface area (Å²) in [5, 5.41) is 12.0. The Kier molecular flexibility index (Phi) is 5.98. The number of anilines is 1. The monoisotopic (exact) mass is 373 g/mol. The highest BCUT2D eigenvalue weighted by molar-refractivity contribution is 5.90. The Hall–Kier alpha value is -2.57. The molecule has 0 radical (unpaired) electrons. The van der Waals surface area contributed by atoms with Gasteiger partial charge in [0.25, 0.3) is 0 Å². The highest BCUT2D eigenvalue weighted by atomic mass is 16.4. The van der Waals surface area contributed by atoms with E-state index in [1.165, 1.54) is 0 Å². The Bertz CT molecular complexity index is 690. The standard InChI is InChI=1S/C20H27N3O4/c1-14(19(25)26)12-23(17-9-10-17)18(24)15-6-5-11-22(13-15)20(27)21-16-7-3-2-4-8-16/h2-4,7-8,14-15,17H,5-6,9-13H2,1H3,(H,21,27)(H,25,26). The van der Waals surface area contributed by atoms with Crippen molar-refractivity contribution in [2.75, 3.05) is 25.0 Å². The SMILES string of the molecule is CC(CN(C(=O)C1CCCN(C(=O)Nc2ccccc2)C1)C1CC1)C(=O)O. The number of carboxylic acids is 1. The number of amides is 3. The van der Waals surface area contributed by atoms with Gasteiger partial charge in [-0.05, 0) is 37.8 Å². The van der Waals surface area contributed by atoms with Gasteiger partial charge in [-0.15, -0.1) is 0 Å². The molecule has 3 rings (SSSR count). The Morgan fingerprint density at radius 2 is 1.93 bits per heavy atom. The van der Waals surface area contributed by atoms with Gasteiger partial charge < -0.3 is 20.2 Å². The minimum Gasteiger partial charge on any atom is -0.481 e. The van der Waals surface area contributed by atoms with Gasteiger partial charge in [0.15, 0.2) is 0 Å². The number of urea groups is 1. The maximum absolute atomic E-state index is 13.0. The molecule has 1 aromatic carbocycles. The summed E-state index contributed by atoms with van der Waals surface area (Å²) in [6, 6.07) is 9.21. The van der Waals surface area contributed by atoms with E-state index in [1.54, 1.807) is 16.7 Å². The van der Waals surface area contributed by atoms with Crippen molar-refractivity contribution in [2.24, 2.45) is 11.8 Å². The number of nitrogens with one attached hydrogen (secondary N) is 1. The number of piperidine rings is 1. The van der Waals surface area contributed by atoms with Crippen molar-refractivity contribution in [1.29, 1.82) is 0 Å². The molecule has 2 atom stereocenters. The summed E-state index contributed by atoms with van der Waals surface area (Å²) in [7, 11) is 0. The first-order chi connectivity index (χ1) is 13.0. The third-order valence-electron chi connectivity index (χ3n) is 5.25. The molecule has 0 bridgehead atoms. The molecule has 7 nitrogen and oxygen atoms in total. The number of carbonyl (C=O) groups is 3. The predicted molar refractivity (Wildman–Crippen MR) is 101 cm³/mol. The minimum atomic E-state index is -0.888. The van der Waals surface area contributed by atoms with Crippen molar-refractivity contribution in [3.05, 3.63) is 30.3 Å². The molecule has 0 aromatic heterocycles. The Balaban J connectivity index is 1.61. The average Bonchev–Trinajstić information content (AvgIpc) is 3.51. The maximum Gasteiger partial charge on any atom is 0.321 e. The van der Waals surface area contributed by atoms with E-state index in [2.05, 4.69) is 5.32 Å². The van der Waals surface area contributed by atoms with Gasteiger partial charge in [-0.2, -0.15) is 0 Å². The van der Waals surface area contributed by atoms with Crippen LogP contribution < -0.4 is 5.32 Å². The van der Waals surface area contributed by atoms with Gasteiger partial charge >= 0.3 is 12.0 Å². The first kappa shape index (κ1) is 19.2. The summed E-state index contributed by atoms with van der Waals surface area (Å²) in [4.78, 5) is 40.2. The molecule has 1 aromatic rings. The van der Waals surface area contributed by atoms with Gasteiger partial charge in [-0.1, -0.05) is 25.1 Å². The number of carbonyl (C=O) groups excluding carboxylic acids is 2. The average molecular weight is 373 g/mol. The molecule has 2 aliphatic rings. The quantitative estimate of drug-likeness (QED) is 0.802. The zero-order valence-corrected chi connectivity index (χ0v) is 15.6. The number of aliphatic carboxylic acids is 1. The lowest BCUT2D eigenvalue weighted by Gasteiger charge is -2.35. The molecular formula is C20H27N3O4. The van der Waals surface area contributed by atoms with E-state index in [4.69, 9.17) is 0 Å². The normalized spacial score (nSPS) is 20.6. The molecule has 1 saturated carbocycles. The first-order valence-corrected chi connectivity index (χ1v) is 9.60. The summed E-state index contributed by atoms with van der Waals surface area (Å²) in [6.07, 6.45) is 3.37. The van der Waals surface area contributed by atoms with Crippen LogP contribution in [-0.2, 0) is 9.59 Å². The number of benzene rings is 1. The highest BCUT2D eigenvalue weighted by Crippen LogP contribution is 2.31. The van der Waals surface area contributed by atoms with Crippen molar-refractivity contribution >= 4 is 23.6 Å². The van der Waals surface area contributed by atoms with Crippen molar-refractivity contribution in [1.82, 2.24) is 9.80 Å². The molecule has 2 N–H and O–H groups in total. The molecule has 0 spiro atoms. The fraction of sp³-hybridized carbons (Fsp3) is 0.550. The Morgan fingerprint density at radius 3 is 2.56 bits per heavy atom. The molecule has 146 valence electrons. The molecule has 3 amide bonds. The van der Waals surface area contributed by atoms with Crippen molar-refractivity contribution in [2.45, 2.75) is 38.6 Å². The minimum absolute atomic E-state index is 0.0113. The number of nitrogens with zero attached hydrogens (tertiary/aromatic N) is 2. The van der Waals surface area contributed by atoms with Crippen LogP contribution in [-0.4, -0.2) is 58.5 Å². The van der Waals surface area contributed by atoms with Crippen LogP contribution in [0.1, 0.15) is 32.6 Å². The zero-order chi connectivity index (χ0) is 19.4. The summed E-state index contributed by atoms with van der Waals surface area (Å²) in [6.45, 7) is 2.87. The number of para-hydroxylation sites is 1. The fourth-order valence-corrected chi connectivity index (χ4v) is 3.50.